The lowest BCUT2D eigenvalue weighted by Gasteiger charge is -2.12. The van der Waals surface area contributed by atoms with Crippen molar-refractivity contribution in [2.75, 3.05) is 0 Å². The Labute approximate surface area is 137 Å². The van der Waals surface area contributed by atoms with E-state index < -0.39 is 0 Å². The summed E-state index contributed by atoms with van der Waals surface area (Å²) in [6, 6.07) is 32.5. The molecule has 4 rings (SSSR count). The molecule has 4 aromatic carbocycles. The van der Waals surface area contributed by atoms with Gasteiger partial charge in [-0.3, -0.25) is 0 Å². The molecule has 0 radical (unpaired) electrons. The number of rotatable bonds is 2. The van der Waals surface area contributed by atoms with Gasteiger partial charge in [-0.25, -0.2) is 0 Å². The van der Waals surface area contributed by atoms with Crippen LogP contribution in [0.5, 0.6) is 0 Å². The predicted molar refractivity (Wildman–Crippen MR) is 99.6 cm³/mol. The highest BCUT2D eigenvalue weighted by Gasteiger charge is 2.08. The smallest absolute Gasteiger partial charge is 0.00992 e. The summed E-state index contributed by atoms with van der Waals surface area (Å²) in [7, 11) is 0. The quantitative estimate of drug-likeness (QED) is 0.397. The summed E-state index contributed by atoms with van der Waals surface area (Å²) in [5.41, 5.74) is 6.40. The zero-order chi connectivity index (χ0) is 15.6. The lowest BCUT2D eigenvalue weighted by Crippen LogP contribution is -1.86. The minimum Gasteiger partial charge on any atom is -0.0622 e. The van der Waals surface area contributed by atoms with Crippen molar-refractivity contribution in [1.82, 2.24) is 0 Å². The Hall–Kier alpha value is -2.86. The fourth-order valence-corrected chi connectivity index (χ4v) is 3.15. The third kappa shape index (κ3) is 2.53. The van der Waals surface area contributed by atoms with Gasteiger partial charge >= 0.3 is 0 Å². The molecule has 0 aromatic heterocycles. The van der Waals surface area contributed by atoms with Gasteiger partial charge in [0.05, 0.1) is 0 Å². The van der Waals surface area contributed by atoms with Gasteiger partial charge in [0.15, 0.2) is 0 Å². The van der Waals surface area contributed by atoms with Crippen molar-refractivity contribution >= 4 is 10.8 Å². The molecule has 0 nitrogen and oxygen atoms in total. The second-order valence-electron chi connectivity index (χ2n) is 5.94. The van der Waals surface area contributed by atoms with Crippen LogP contribution >= 0.6 is 0 Å². The SMILES string of the molecule is Cc1ccc(-c2ccc(-c3ccccc3)c3ccccc23)cc1. The van der Waals surface area contributed by atoms with E-state index in [0.29, 0.717) is 0 Å². The topological polar surface area (TPSA) is 0 Å². The van der Waals surface area contributed by atoms with Crippen LogP contribution in [0.1, 0.15) is 5.56 Å². The highest BCUT2D eigenvalue weighted by atomic mass is 14.1. The van der Waals surface area contributed by atoms with Crippen LogP contribution in [0, 0.1) is 6.92 Å². The Morgan fingerprint density at radius 3 is 1.48 bits per heavy atom. The molecule has 0 heteroatoms. The highest BCUT2D eigenvalue weighted by Crippen LogP contribution is 2.35. The standard InChI is InChI=1S/C23H18/c1-17-11-13-19(14-12-17)21-16-15-20(18-7-3-2-4-8-18)22-9-5-6-10-23(21)22/h2-16H,1H3. The van der Waals surface area contributed by atoms with Gasteiger partial charge in [0.1, 0.15) is 0 Å². The largest absolute Gasteiger partial charge is 0.0622 e. The highest BCUT2D eigenvalue weighted by molar-refractivity contribution is 6.04. The summed E-state index contributed by atoms with van der Waals surface area (Å²) < 4.78 is 0. The Morgan fingerprint density at radius 2 is 0.913 bits per heavy atom. The summed E-state index contributed by atoms with van der Waals surface area (Å²) in [6.45, 7) is 2.13. The fourth-order valence-electron chi connectivity index (χ4n) is 3.15. The van der Waals surface area contributed by atoms with E-state index in [-0.39, 0.29) is 0 Å². The maximum atomic E-state index is 2.25. The Bertz CT molecular complexity index is 948. The van der Waals surface area contributed by atoms with Crippen molar-refractivity contribution in [3.05, 3.63) is 96.6 Å². The molecule has 23 heavy (non-hydrogen) atoms. The second kappa shape index (κ2) is 5.73. The normalized spacial score (nSPS) is 10.8. The molecule has 0 N–H and O–H groups in total. The summed E-state index contributed by atoms with van der Waals surface area (Å²) in [5.74, 6) is 0. The van der Waals surface area contributed by atoms with Crippen molar-refractivity contribution in [2.45, 2.75) is 6.92 Å². The van der Waals surface area contributed by atoms with Crippen LogP contribution in [0.25, 0.3) is 33.0 Å². The van der Waals surface area contributed by atoms with Gasteiger partial charge in [-0.1, -0.05) is 96.6 Å². The summed E-state index contributed by atoms with van der Waals surface area (Å²) in [5, 5.41) is 2.61. The van der Waals surface area contributed by atoms with Crippen LogP contribution < -0.4 is 0 Å². The monoisotopic (exact) mass is 294 g/mol. The zero-order valence-corrected chi connectivity index (χ0v) is 13.2. The number of fused-ring (bicyclic) bond motifs is 1. The van der Waals surface area contributed by atoms with Gasteiger partial charge in [0, 0.05) is 0 Å². The molecule has 4 aromatic rings. The lowest BCUT2D eigenvalue weighted by molar-refractivity contribution is 1.47. The van der Waals surface area contributed by atoms with Crippen LogP contribution in [0.2, 0.25) is 0 Å². The molecule has 0 unspecified atom stereocenters. The third-order valence-electron chi connectivity index (χ3n) is 4.37. The molecule has 0 bridgehead atoms. The molecule has 0 aliphatic rings. The molecule has 0 spiro atoms. The van der Waals surface area contributed by atoms with Gasteiger partial charge in [0.2, 0.25) is 0 Å². The lowest BCUT2D eigenvalue weighted by atomic mass is 9.92. The number of benzene rings is 4. The molecule has 0 saturated carbocycles. The average molecular weight is 294 g/mol. The first-order valence-corrected chi connectivity index (χ1v) is 7.97. The summed E-state index contributed by atoms with van der Waals surface area (Å²) in [4.78, 5) is 0. The molecule has 0 atom stereocenters. The summed E-state index contributed by atoms with van der Waals surface area (Å²) in [6.07, 6.45) is 0. The summed E-state index contributed by atoms with van der Waals surface area (Å²) >= 11 is 0. The van der Waals surface area contributed by atoms with Crippen LogP contribution in [0.3, 0.4) is 0 Å². The van der Waals surface area contributed by atoms with E-state index in [0.717, 1.165) is 0 Å². The maximum absolute atomic E-state index is 2.25. The molecule has 0 fully saturated rings. The molecule has 0 amide bonds. The fraction of sp³-hybridized carbons (Fsp3) is 0.0435. The van der Waals surface area contributed by atoms with Crippen LogP contribution in [-0.4, -0.2) is 0 Å². The van der Waals surface area contributed by atoms with Crippen LogP contribution in [0.4, 0.5) is 0 Å². The predicted octanol–water partition coefficient (Wildman–Crippen LogP) is 6.48. The Balaban J connectivity index is 1.97. The van der Waals surface area contributed by atoms with Crippen LogP contribution in [-0.2, 0) is 0 Å². The second-order valence-corrected chi connectivity index (χ2v) is 5.94. The minimum absolute atomic E-state index is 1.26. The van der Waals surface area contributed by atoms with Crippen LogP contribution in [0.15, 0.2) is 91.0 Å². The maximum Gasteiger partial charge on any atom is -0.00992 e. The first-order chi connectivity index (χ1) is 11.3. The first-order valence-electron chi connectivity index (χ1n) is 7.97. The van der Waals surface area contributed by atoms with E-state index >= 15 is 0 Å². The van der Waals surface area contributed by atoms with Gasteiger partial charge in [-0.05, 0) is 39.9 Å². The van der Waals surface area contributed by atoms with Crippen molar-refractivity contribution in [3.63, 3.8) is 0 Å². The number of hydrogen-bond donors (Lipinski definition) is 0. The van der Waals surface area contributed by atoms with E-state index in [1.165, 1.54) is 38.6 Å². The average Bonchev–Trinajstić information content (AvgIpc) is 2.62. The number of hydrogen-bond acceptors (Lipinski definition) is 0. The van der Waals surface area contributed by atoms with E-state index in [1.807, 2.05) is 0 Å². The van der Waals surface area contributed by atoms with Crippen molar-refractivity contribution < 1.29 is 0 Å². The van der Waals surface area contributed by atoms with Gasteiger partial charge in [-0.15, -0.1) is 0 Å². The molecular weight excluding hydrogens is 276 g/mol. The molecule has 110 valence electrons. The van der Waals surface area contributed by atoms with E-state index in [9.17, 15) is 0 Å². The van der Waals surface area contributed by atoms with Crippen molar-refractivity contribution in [3.8, 4) is 22.3 Å². The van der Waals surface area contributed by atoms with E-state index in [4.69, 9.17) is 0 Å². The molecule has 0 aliphatic heterocycles. The van der Waals surface area contributed by atoms with Gasteiger partial charge in [0.25, 0.3) is 0 Å². The molecule has 0 aliphatic carbocycles. The Morgan fingerprint density at radius 1 is 0.435 bits per heavy atom. The minimum atomic E-state index is 1.26. The zero-order valence-electron chi connectivity index (χ0n) is 13.2. The Kier molecular flexibility index (Phi) is 3.44. The van der Waals surface area contributed by atoms with Gasteiger partial charge in [-0.2, -0.15) is 0 Å². The van der Waals surface area contributed by atoms with Gasteiger partial charge < -0.3 is 0 Å². The molecule has 0 heterocycles. The first kappa shape index (κ1) is 13.8. The molecular formula is C23H18. The van der Waals surface area contributed by atoms with E-state index in [2.05, 4.69) is 97.9 Å². The van der Waals surface area contributed by atoms with Crippen molar-refractivity contribution in [1.29, 1.82) is 0 Å². The number of aryl methyl sites for hydroxylation is 1. The third-order valence-corrected chi connectivity index (χ3v) is 4.37. The van der Waals surface area contributed by atoms with Crippen molar-refractivity contribution in [2.24, 2.45) is 0 Å². The molecule has 0 saturated heterocycles. The van der Waals surface area contributed by atoms with E-state index in [1.54, 1.807) is 0 Å².